The van der Waals surface area contributed by atoms with Crippen molar-refractivity contribution in [1.82, 2.24) is 14.9 Å². The van der Waals surface area contributed by atoms with Crippen LogP contribution in [0.15, 0.2) is 10.6 Å². The summed E-state index contributed by atoms with van der Waals surface area (Å²) in [5.74, 6) is 0.521. The second-order valence-electron chi connectivity index (χ2n) is 4.26. The molecule has 0 aliphatic heterocycles. The first-order chi connectivity index (χ1) is 8.78. The van der Waals surface area contributed by atoms with Gasteiger partial charge in [0, 0.05) is 13.1 Å². The number of nitrogen functional groups attached to an aromatic ring is 1. The summed E-state index contributed by atoms with van der Waals surface area (Å²) in [5.41, 5.74) is 6.97. The van der Waals surface area contributed by atoms with E-state index in [4.69, 9.17) is 10.3 Å². The number of rotatable bonds is 4. The maximum absolute atomic E-state index is 12.0. The van der Waals surface area contributed by atoms with Gasteiger partial charge < -0.3 is 10.3 Å². The molecule has 3 N–H and O–H groups in total. The van der Waals surface area contributed by atoms with Crippen LogP contribution in [0.4, 0.5) is 11.5 Å². The summed E-state index contributed by atoms with van der Waals surface area (Å²) in [6.07, 6.45) is 0. The highest BCUT2D eigenvalue weighted by atomic mass is 32.2. The molecule has 0 amide bonds. The van der Waals surface area contributed by atoms with Crippen molar-refractivity contribution < 1.29 is 12.9 Å². The van der Waals surface area contributed by atoms with Gasteiger partial charge in [0.15, 0.2) is 5.82 Å². The number of aryl methyl sites for hydroxylation is 3. The minimum absolute atomic E-state index is 0.248. The van der Waals surface area contributed by atoms with E-state index < -0.39 is 10.0 Å². The predicted octanol–water partition coefficient (Wildman–Crippen LogP) is 0.549. The van der Waals surface area contributed by atoms with E-state index in [-0.39, 0.29) is 11.6 Å². The molecule has 2 heterocycles. The van der Waals surface area contributed by atoms with Crippen LogP contribution in [0.25, 0.3) is 0 Å². The summed E-state index contributed by atoms with van der Waals surface area (Å²) in [5, 5.41) is 7.68. The van der Waals surface area contributed by atoms with Crippen molar-refractivity contribution in [3.8, 4) is 0 Å². The Balaban J connectivity index is 2.22. The zero-order valence-electron chi connectivity index (χ0n) is 10.8. The monoisotopic (exact) mass is 285 g/mol. The van der Waals surface area contributed by atoms with Gasteiger partial charge in [-0.3, -0.25) is 4.72 Å². The molecule has 0 atom stereocenters. The summed E-state index contributed by atoms with van der Waals surface area (Å²) in [7, 11) is -2.01. The molecule has 104 valence electrons. The summed E-state index contributed by atoms with van der Waals surface area (Å²) < 4.78 is 32.6. The molecule has 2 aromatic heterocycles. The van der Waals surface area contributed by atoms with Crippen molar-refractivity contribution in [2.75, 3.05) is 10.5 Å². The molecule has 9 heteroatoms. The number of nitrogens with two attached hydrogens (primary N) is 1. The topological polar surface area (TPSA) is 116 Å². The van der Waals surface area contributed by atoms with Crippen LogP contribution in [0, 0.1) is 13.8 Å². The summed E-state index contributed by atoms with van der Waals surface area (Å²) in [6.45, 7) is 3.40. The van der Waals surface area contributed by atoms with E-state index in [1.54, 1.807) is 27.0 Å². The standard InChI is InChI=1S/C10H15N5O3S/c1-6-4-8(13-18-6)5-19(16,17)14-10-9(11)7(2)12-15(10)3/h4,14H,5,11H2,1-3H3. The first-order valence-electron chi connectivity index (χ1n) is 5.50. The zero-order chi connectivity index (χ0) is 14.2. The fourth-order valence-electron chi connectivity index (χ4n) is 1.66. The Bertz CT molecular complexity index is 701. The van der Waals surface area contributed by atoms with E-state index in [0.29, 0.717) is 22.8 Å². The van der Waals surface area contributed by atoms with Gasteiger partial charge in [-0.25, -0.2) is 13.1 Å². The molecule has 0 saturated heterocycles. The van der Waals surface area contributed by atoms with Gasteiger partial charge in [-0.15, -0.1) is 0 Å². The van der Waals surface area contributed by atoms with Crippen LogP contribution in [-0.2, 0) is 22.8 Å². The molecule has 19 heavy (non-hydrogen) atoms. The maximum Gasteiger partial charge on any atom is 0.239 e. The molecule has 0 aromatic carbocycles. The number of nitrogens with zero attached hydrogens (tertiary/aromatic N) is 3. The van der Waals surface area contributed by atoms with Crippen molar-refractivity contribution in [3.05, 3.63) is 23.2 Å². The number of nitrogens with one attached hydrogen (secondary N) is 1. The Morgan fingerprint density at radius 1 is 1.47 bits per heavy atom. The van der Waals surface area contributed by atoms with Crippen LogP contribution < -0.4 is 10.5 Å². The molecule has 0 radical (unpaired) electrons. The highest BCUT2D eigenvalue weighted by Gasteiger charge is 2.19. The lowest BCUT2D eigenvalue weighted by molar-refractivity contribution is 0.392. The fourth-order valence-corrected chi connectivity index (χ4v) is 2.79. The van der Waals surface area contributed by atoms with E-state index in [2.05, 4.69) is 15.0 Å². The average molecular weight is 285 g/mol. The van der Waals surface area contributed by atoms with Crippen LogP contribution in [0.5, 0.6) is 0 Å². The number of hydrogen-bond acceptors (Lipinski definition) is 6. The van der Waals surface area contributed by atoms with E-state index in [1.165, 1.54) is 4.68 Å². The molecular formula is C10H15N5O3S. The quantitative estimate of drug-likeness (QED) is 0.847. The molecule has 0 saturated carbocycles. The molecule has 0 aliphatic carbocycles. The third-order valence-electron chi connectivity index (χ3n) is 2.54. The van der Waals surface area contributed by atoms with Crippen LogP contribution in [-0.4, -0.2) is 23.4 Å². The molecule has 0 aliphatic rings. The second-order valence-corrected chi connectivity index (χ2v) is 5.98. The smallest absolute Gasteiger partial charge is 0.239 e. The van der Waals surface area contributed by atoms with Crippen LogP contribution in [0.2, 0.25) is 0 Å². The molecule has 0 fully saturated rings. The van der Waals surface area contributed by atoms with Gasteiger partial charge in [-0.1, -0.05) is 5.16 Å². The molecule has 0 bridgehead atoms. The van der Waals surface area contributed by atoms with Crippen LogP contribution >= 0.6 is 0 Å². The highest BCUT2D eigenvalue weighted by molar-refractivity contribution is 7.91. The lowest BCUT2D eigenvalue weighted by atomic mass is 10.4. The SMILES string of the molecule is Cc1cc(CS(=O)(=O)Nc2c(N)c(C)nn2C)no1. The largest absolute Gasteiger partial charge is 0.394 e. The molecule has 2 aromatic rings. The highest BCUT2D eigenvalue weighted by Crippen LogP contribution is 2.22. The molecule has 2 rings (SSSR count). The first kappa shape index (κ1) is 13.4. The summed E-state index contributed by atoms with van der Waals surface area (Å²) >= 11 is 0. The summed E-state index contributed by atoms with van der Waals surface area (Å²) in [6, 6.07) is 1.57. The minimum Gasteiger partial charge on any atom is -0.394 e. The number of hydrogen-bond donors (Lipinski definition) is 2. The molecular weight excluding hydrogens is 270 g/mol. The maximum atomic E-state index is 12.0. The van der Waals surface area contributed by atoms with Gasteiger partial charge in [0.05, 0.1) is 11.4 Å². The third kappa shape index (κ3) is 2.87. The first-order valence-corrected chi connectivity index (χ1v) is 7.15. The van der Waals surface area contributed by atoms with Crippen molar-refractivity contribution in [1.29, 1.82) is 0 Å². The van der Waals surface area contributed by atoms with Crippen molar-refractivity contribution >= 4 is 21.5 Å². The van der Waals surface area contributed by atoms with Crippen molar-refractivity contribution in [3.63, 3.8) is 0 Å². The van der Waals surface area contributed by atoms with E-state index in [9.17, 15) is 8.42 Å². The zero-order valence-corrected chi connectivity index (χ0v) is 11.7. The van der Waals surface area contributed by atoms with E-state index in [1.807, 2.05) is 0 Å². The minimum atomic E-state index is -3.62. The van der Waals surface area contributed by atoms with E-state index in [0.717, 1.165) is 0 Å². The van der Waals surface area contributed by atoms with Crippen LogP contribution in [0.3, 0.4) is 0 Å². The lowest BCUT2D eigenvalue weighted by Crippen LogP contribution is -2.18. The van der Waals surface area contributed by atoms with Gasteiger partial charge in [0.2, 0.25) is 10.0 Å². The van der Waals surface area contributed by atoms with Crippen LogP contribution in [0.1, 0.15) is 17.1 Å². The predicted molar refractivity (Wildman–Crippen MR) is 69.8 cm³/mol. The third-order valence-corrected chi connectivity index (χ3v) is 3.72. The Morgan fingerprint density at radius 3 is 2.63 bits per heavy atom. The van der Waals surface area contributed by atoms with Crippen molar-refractivity contribution in [2.24, 2.45) is 7.05 Å². The van der Waals surface area contributed by atoms with Gasteiger partial charge in [0.1, 0.15) is 17.2 Å². The van der Waals surface area contributed by atoms with Gasteiger partial charge in [-0.05, 0) is 13.8 Å². The Kier molecular flexibility index (Phi) is 3.23. The number of anilines is 2. The van der Waals surface area contributed by atoms with Gasteiger partial charge >= 0.3 is 0 Å². The Hall–Kier alpha value is -2.03. The molecule has 0 spiro atoms. The van der Waals surface area contributed by atoms with E-state index >= 15 is 0 Å². The normalized spacial score (nSPS) is 11.7. The summed E-state index contributed by atoms with van der Waals surface area (Å²) in [4.78, 5) is 0. The number of aromatic nitrogens is 3. The Morgan fingerprint density at radius 2 is 2.16 bits per heavy atom. The molecule has 8 nitrogen and oxygen atoms in total. The van der Waals surface area contributed by atoms with Gasteiger partial charge in [0.25, 0.3) is 0 Å². The average Bonchev–Trinajstić information content (AvgIpc) is 2.78. The van der Waals surface area contributed by atoms with Crippen molar-refractivity contribution in [2.45, 2.75) is 19.6 Å². The fraction of sp³-hybridized carbons (Fsp3) is 0.400. The molecule has 0 unspecified atom stereocenters. The lowest BCUT2D eigenvalue weighted by Gasteiger charge is -2.07. The Labute approximate surface area is 110 Å². The second kappa shape index (κ2) is 4.57. The van der Waals surface area contributed by atoms with Gasteiger partial charge in [-0.2, -0.15) is 5.10 Å². The number of sulfonamides is 1.